The van der Waals surface area contributed by atoms with E-state index in [-0.39, 0.29) is 11.9 Å². The Morgan fingerprint density at radius 3 is 2.31 bits per heavy atom. The van der Waals surface area contributed by atoms with Crippen molar-refractivity contribution in [3.05, 3.63) is 106 Å². The van der Waals surface area contributed by atoms with Crippen LogP contribution in [0.15, 0.2) is 77.0 Å². The maximum Gasteiger partial charge on any atom is 0.326 e. The van der Waals surface area contributed by atoms with Crippen LogP contribution in [0, 0.1) is 26.6 Å². The van der Waals surface area contributed by atoms with E-state index in [1.807, 2.05) is 70.2 Å². The van der Waals surface area contributed by atoms with Crippen molar-refractivity contribution in [2.75, 3.05) is 4.90 Å². The molecule has 1 aromatic heterocycles. The van der Waals surface area contributed by atoms with Crippen molar-refractivity contribution in [2.45, 2.75) is 33.7 Å². The third-order valence-electron chi connectivity index (χ3n) is 6.10. The van der Waals surface area contributed by atoms with Crippen LogP contribution in [0.25, 0.3) is 17.0 Å². The number of nitrogens with zero attached hydrogens (tertiary/aromatic N) is 3. The molecular formula is C28H25FN4O2. The van der Waals surface area contributed by atoms with Gasteiger partial charge >= 0.3 is 6.03 Å². The van der Waals surface area contributed by atoms with Gasteiger partial charge in [-0.25, -0.2) is 9.18 Å². The number of aromatic nitrogens is 2. The first-order chi connectivity index (χ1) is 16.8. The number of nitrogens with one attached hydrogen (secondary N) is 1. The van der Waals surface area contributed by atoms with Gasteiger partial charge in [-0.2, -0.15) is 4.98 Å². The molecule has 3 aromatic carbocycles. The molecule has 0 bridgehead atoms. The molecule has 0 saturated heterocycles. The maximum absolute atomic E-state index is 14.1. The number of allylic oxidation sites excluding steroid dienone is 1. The molecule has 7 heteroatoms. The zero-order valence-electron chi connectivity index (χ0n) is 20.0. The van der Waals surface area contributed by atoms with Crippen LogP contribution in [0.4, 0.5) is 14.9 Å². The summed E-state index contributed by atoms with van der Waals surface area (Å²) in [5.74, 6) is 0.311. The lowest BCUT2D eigenvalue weighted by Crippen LogP contribution is -2.46. The van der Waals surface area contributed by atoms with Crippen LogP contribution in [-0.4, -0.2) is 16.2 Å². The summed E-state index contributed by atoms with van der Waals surface area (Å²) in [5.41, 5.74) is 6.57. The summed E-state index contributed by atoms with van der Waals surface area (Å²) in [6.45, 7) is 7.82. The zero-order chi connectivity index (χ0) is 24.7. The minimum atomic E-state index is -0.660. The van der Waals surface area contributed by atoms with Crippen molar-refractivity contribution in [1.29, 1.82) is 0 Å². The van der Waals surface area contributed by atoms with Gasteiger partial charge in [0.2, 0.25) is 5.82 Å². The second-order valence-corrected chi connectivity index (χ2v) is 8.91. The van der Waals surface area contributed by atoms with Crippen molar-refractivity contribution in [2.24, 2.45) is 0 Å². The second-order valence-electron chi connectivity index (χ2n) is 8.91. The Labute approximate surface area is 203 Å². The van der Waals surface area contributed by atoms with Gasteiger partial charge in [0.15, 0.2) is 0 Å². The van der Waals surface area contributed by atoms with Gasteiger partial charge in [-0.3, -0.25) is 4.90 Å². The van der Waals surface area contributed by atoms with Crippen molar-refractivity contribution < 1.29 is 13.7 Å². The summed E-state index contributed by atoms with van der Waals surface area (Å²) in [7, 11) is 0. The molecule has 0 radical (unpaired) electrons. The summed E-state index contributed by atoms with van der Waals surface area (Å²) in [5, 5.41) is 7.21. The van der Waals surface area contributed by atoms with Crippen molar-refractivity contribution in [1.82, 2.24) is 15.5 Å². The van der Waals surface area contributed by atoms with Crippen molar-refractivity contribution >= 4 is 17.3 Å². The normalized spacial score (nSPS) is 16.0. The lowest BCUT2D eigenvalue weighted by Gasteiger charge is -2.35. The molecule has 1 atom stereocenters. The molecule has 6 nitrogen and oxygen atoms in total. The summed E-state index contributed by atoms with van der Waals surface area (Å²) < 4.78 is 19.9. The standard InChI is InChI=1S/C28H25FN4O2/c1-16-8-10-20(11-9-16)26-31-27(35-32-26)24-19(4)33(23-13-17(2)12-18(3)14-23)28(34)30-25(24)21-6-5-7-22(29)15-21/h5-15,25H,1-4H3,(H,30,34). The van der Waals surface area contributed by atoms with Crippen LogP contribution in [-0.2, 0) is 0 Å². The minimum Gasteiger partial charge on any atom is -0.334 e. The number of halogens is 1. The molecule has 5 rings (SSSR count). The minimum absolute atomic E-state index is 0.265. The molecule has 35 heavy (non-hydrogen) atoms. The van der Waals surface area contributed by atoms with E-state index in [0.717, 1.165) is 27.9 Å². The molecule has 1 N–H and O–H groups in total. The van der Waals surface area contributed by atoms with E-state index in [4.69, 9.17) is 4.52 Å². The van der Waals surface area contributed by atoms with Crippen molar-refractivity contribution in [3.8, 4) is 11.4 Å². The third-order valence-corrected chi connectivity index (χ3v) is 6.10. The lowest BCUT2D eigenvalue weighted by molar-refractivity contribution is 0.244. The van der Waals surface area contributed by atoms with Crippen molar-refractivity contribution in [3.63, 3.8) is 0 Å². The second kappa shape index (κ2) is 8.83. The number of urea groups is 1. The van der Waals surface area contributed by atoms with Gasteiger partial charge in [0.05, 0.1) is 17.3 Å². The van der Waals surface area contributed by atoms with E-state index < -0.39 is 11.9 Å². The number of benzene rings is 3. The van der Waals surface area contributed by atoms with Crippen LogP contribution in [0.5, 0.6) is 0 Å². The Hall–Kier alpha value is -4.26. The number of hydrogen-bond donors (Lipinski definition) is 1. The number of anilines is 1. The summed E-state index contributed by atoms with van der Waals surface area (Å²) in [6.07, 6.45) is 0. The highest BCUT2D eigenvalue weighted by atomic mass is 19.1. The first-order valence-corrected chi connectivity index (χ1v) is 11.4. The Balaban J connectivity index is 1.67. The Morgan fingerprint density at radius 2 is 1.63 bits per heavy atom. The molecule has 0 spiro atoms. The SMILES string of the molecule is CC1=C(c2nc(-c3ccc(C)cc3)no2)C(c2cccc(F)c2)NC(=O)N1c1cc(C)cc(C)c1. The maximum atomic E-state index is 14.1. The predicted molar refractivity (Wildman–Crippen MR) is 133 cm³/mol. The Kier molecular flexibility index (Phi) is 5.68. The third kappa shape index (κ3) is 4.33. The Bertz CT molecular complexity index is 1440. The molecule has 4 aromatic rings. The molecule has 2 heterocycles. The fourth-order valence-corrected chi connectivity index (χ4v) is 4.50. The van der Waals surface area contributed by atoms with E-state index in [1.54, 1.807) is 17.0 Å². The quantitative estimate of drug-likeness (QED) is 0.371. The monoisotopic (exact) mass is 468 g/mol. The van der Waals surface area contributed by atoms with Crippen LogP contribution >= 0.6 is 0 Å². The predicted octanol–water partition coefficient (Wildman–Crippen LogP) is 6.50. The van der Waals surface area contributed by atoms with E-state index >= 15 is 0 Å². The van der Waals surface area contributed by atoms with Crippen LogP contribution in [0.1, 0.15) is 41.1 Å². The fraction of sp³-hybridized carbons (Fsp3) is 0.179. The van der Waals surface area contributed by atoms with Gasteiger partial charge in [0.1, 0.15) is 5.82 Å². The summed E-state index contributed by atoms with van der Waals surface area (Å²) >= 11 is 0. The number of rotatable bonds is 4. The average molecular weight is 469 g/mol. The molecule has 0 fully saturated rings. The highest BCUT2D eigenvalue weighted by Crippen LogP contribution is 2.39. The number of hydrogen-bond acceptors (Lipinski definition) is 4. The summed E-state index contributed by atoms with van der Waals surface area (Å²) in [6, 6.07) is 18.9. The number of amides is 2. The lowest BCUT2D eigenvalue weighted by atomic mass is 9.94. The van der Waals surface area contributed by atoms with Gasteiger partial charge in [0.25, 0.3) is 5.89 Å². The van der Waals surface area contributed by atoms with E-state index in [1.165, 1.54) is 12.1 Å². The fourth-order valence-electron chi connectivity index (χ4n) is 4.50. The topological polar surface area (TPSA) is 71.3 Å². The summed E-state index contributed by atoms with van der Waals surface area (Å²) in [4.78, 5) is 19.6. The molecule has 176 valence electrons. The zero-order valence-corrected chi connectivity index (χ0v) is 20.0. The Morgan fingerprint density at radius 1 is 0.914 bits per heavy atom. The van der Waals surface area contributed by atoms with Crippen LogP contribution in [0.3, 0.4) is 0 Å². The molecule has 2 amide bonds. The van der Waals surface area contributed by atoms with Gasteiger partial charge in [-0.05, 0) is 68.7 Å². The van der Waals surface area contributed by atoms with E-state index in [2.05, 4.69) is 15.5 Å². The van der Waals surface area contributed by atoms with Crippen LogP contribution < -0.4 is 10.2 Å². The first-order valence-electron chi connectivity index (χ1n) is 11.4. The number of carbonyl (C=O) groups excluding carboxylic acids is 1. The molecule has 1 aliphatic heterocycles. The average Bonchev–Trinajstić information content (AvgIpc) is 3.28. The molecular weight excluding hydrogens is 443 g/mol. The molecule has 1 aliphatic rings. The van der Waals surface area contributed by atoms with Gasteiger partial charge < -0.3 is 9.84 Å². The molecule has 0 saturated carbocycles. The van der Waals surface area contributed by atoms with Gasteiger partial charge in [0, 0.05) is 11.3 Å². The number of aryl methyl sites for hydroxylation is 3. The van der Waals surface area contributed by atoms with Gasteiger partial charge in [-0.1, -0.05) is 53.2 Å². The largest absolute Gasteiger partial charge is 0.334 e. The highest BCUT2D eigenvalue weighted by Gasteiger charge is 2.36. The van der Waals surface area contributed by atoms with E-state index in [9.17, 15) is 9.18 Å². The number of carbonyl (C=O) groups is 1. The van der Waals surface area contributed by atoms with E-state index in [0.29, 0.717) is 22.7 Å². The van der Waals surface area contributed by atoms with Gasteiger partial charge in [-0.15, -0.1) is 0 Å². The highest BCUT2D eigenvalue weighted by molar-refractivity contribution is 6.01. The van der Waals surface area contributed by atoms with Crippen LogP contribution in [0.2, 0.25) is 0 Å². The first kappa shape index (κ1) is 22.5. The molecule has 1 unspecified atom stereocenters. The smallest absolute Gasteiger partial charge is 0.326 e. The molecule has 0 aliphatic carbocycles.